The number of rotatable bonds is 4. The minimum atomic E-state index is 0.101. The second-order valence-electron chi connectivity index (χ2n) is 3.84. The predicted molar refractivity (Wildman–Crippen MR) is 60.8 cm³/mol. The van der Waals surface area contributed by atoms with Gasteiger partial charge >= 0.3 is 0 Å². The van der Waals surface area contributed by atoms with E-state index in [1.807, 2.05) is 18.2 Å². The van der Waals surface area contributed by atoms with Gasteiger partial charge in [0.2, 0.25) is 0 Å². The van der Waals surface area contributed by atoms with Crippen LogP contribution in [0.25, 0.3) is 0 Å². The molecule has 0 atom stereocenters. The first-order valence-electron chi connectivity index (χ1n) is 5.61. The Morgan fingerprint density at radius 3 is 3.12 bits per heavy atom. The third kappa shape index (κ3) is 2.92. The molecule has 0 aliphatic carbocycles. The maximum absolute atomic E-state index is 11.8. The fourth-order valence-corrected chi connectivity index (χ4v) is 1.68. The van der Waals surface area contributed by atoms with Crippen LogP contribution in [-0.4, -0.2) is 17.4 Å². The van der Waals surface area contributed by atoms with Crippen molar-refractivity contribution in [3.63, 3.8) is 0 Å². The Labute approximate surface area is 95.2 Å². The van der Waals surface area contributed by atoms with Crippen LogP contribution >= 0.6 is 0 Å². The van der Waals surface area contributed by atoms with Gasteiger partial charge in [0.25, 0.3) is 0 Å². The molecule has 0 spiro atoms. The summed E-state index contributed by atoms with van der Waals surface area (Å²) < 4.78 is 5.32. The van der Waals surface area contributed by atoms with Crippen molar-refractivity contribution < 1.29 is 9.53 Å². The van der Waals surface area contributed by atoms with Gasteiger partial charge in [-0.1, -0.05) is 6.07 Å². The van der Waals surface area contributed by atoms with Crippen LogP contribution in [0.3, 0.4) is 0 Å². The van der Waals surface area contributed by atoms with E-state index >= 15 is 0 Å². The molecular weight excluding hydrogens is 202 g/mol. The van der Waals surface area contributed by atoms with Crippen LogP contribution in [0.5, 0.6) is 0 Å². The third-order valence-electron chi connectivity index (χ3n) is 2.57. The summed E-state index contributed by atoms with van der Waals surface area (Å²) in [5, 5.41) is 0. The Morgan fingerprint density at radius 2 is 2.44 bits per heavy atom. The molecule has 0 amide bonds. The lowest BCUT2D eigenvalue weighted by atomic mass is 10.1. The SMILES string of the molecule is O=C(CCc1cccnc1)C1=CCCCO1. The number of ketones is 1. The van der Waals surface area contributed by atoms with Gasteiger partial charge in [0.1, 0.15) is 0 Å². The summed E-state index contributed by atoms with van der Waals surface area (Å²) in [5.41, 5.74) is 1.09. The molecule has 0 unspecified atom stereocenters. The molecule has 0 saturated carbocycles. The summed E-state index contributed by atoms with van der Waals surface area (Å²) in [6.45, 7) is 0.671. The Morgan fingerprint density at radius 1 is 1.50 bits per heavy atom. The standard InChI is InChI=1S/C13H15NO2/c15-12(13-5-1-2-9-16-13)7-6-11-4-3-8-14-10-11/h3-5,8,10H,1-2,6-7,9H2. The second kappa shape index (κ2) is 5.45. The lowest BCUT2D eigenvalue weighted by Gasteiger charge is -2.13. The van der Waals surface area contributed by atoms with Gasteiger partial charge in [-0.3, -0.25) is 9.78 Å². The average molecular weight is 217 g/mol. The largest absolute Gasteiger partial charge is 0.490 e. The van der Waals surface area contributed by atoms with E-state index in [1.165, 1.54) is 0 Å². The fourth-order valence-electron chi connectivity index (χ4n) is 1.68. The molecule has 1 aliphatic rings. The zero-order valence-corrected chi connectivity index (χ0v) is 9.19. The number of hydrogen-bond acceptors (Lipinski definition) is 3. The van der Waals surface area contributed by atoms with Gasteiger partial charge in [-0.25, -0.2) is 0 Å². The van der Waals surface area contributed by atoms with Gasteiger partial charge in [-0.15, -0.1) is 0 Å². The minimum Gasteiger partial charge on any atom is -0.490 e. The molecule has 2 rings (SSSR count). The van der Waals surface area contributed by atoms with Crippen LogP contribution < -0.4 is 0 Å². The maximum Gasteiger partial charge on any atom is 0.197 e. The molecular formula is C13H15NO2. The van der Waals surface area contributed by atoms with E-state index in [9.17, 15) is 4.79 Å². The third-order valence-corrected chi connectivity index (χ3v) is 2.57. The number of nitrogens with zero attached hydrogens (tertiary/aromatic N) is 1. The normalized spacial score (nSPS) is 15.1. The topological polar surface area (TPSA) is 39.2 Å². The Bertz CT molecular complexity index is 384. The summed E-state index contributed by atoms with van der Waals surface area (Å²) >= 11 is 0. The van der Waals surface area contributed by atoms with E-state index in [-0.39, 0.29) is 5.78 Å². The molecule has 1 aliphatic heterocycles. The van der Waals surface area contributed by atoms with E-state index in [0.717, 1.165) is 24.8 Å². The van der Waals surface area contributed by atoms with Crippen molar-refractivity contribution in [2.45, 2.75) is 25.7 Å². The number of Topliss-reactive ketones (excluding diaryl/α,β-unsaturated/α-hetero) is 1. The molecule has 84 valence electrons. The number of carbonyl (C=O) groups excluding carboxylic acids is 1. The van der Waals surface area contributed by atoms with E-state index in [2.05, 4.69) is 4.98 Å². The first-order chi connectivity index (χ1) is 7.86. The molecule has 2 heterocycles. The number of hydrogen-bond donors (Lipinski definition) is 0. The quantitative estimate of drug-likeness (QED) is 0.776. The smallest absolute Gasteiger partial charge is 0.197 e. The highest BCUT2D eigenvalue weighted by Crippen LogP contribution is 2.13. The summed E-state index contributed by atoms with van der Waals surface area (Å²) in [6, 6.07) is 3.87. The van der Waals surface area contributed by atoms with Crippen molar-refractivity contribution >= 4 is 5.78 Å². The predicted octanol–water partition coefficient (Wildman–Crippen LogP) is 2.28. The zero-order chi connectivity index (χ0) is 11.2. The van der Waals surface area contributed by atoms with E-state index in [4.69, 9.17) is 4.74 Å². The highest BCUT2D eigenvalue weighted by Gasteiger charge is 2.13. The van der Waals surface area contributed by atoms with Gasteiger partial charge < -0.3 is 4.74 Å². The molecule has 0 aromatic carbocycles. The van der Waals surface area contributed by atoms with Crippen LogP contribution in [-0.2, 0) is 16.0 Å². The molecule has 0 bridgehead atoms. The van der Waals surface area contributed by atoms with Crippen molar-refractivity contribution in [3.05, 3.63) is 41.9 Å². The van der Waals surface area contributed by atoms with Gasteiger partial charge in [0.15, 0.2) is 11.5 Å². The number of allylic oxidation sites excluding steroid dienone is 2. The highest BCUT2D eigenvalue weighted by molar-refractivity contribution is 5.93. The molecule has 1 aromatic heterocycles. The Kier molecular flexibility index (Phi) is 3.70. The molecule has 3 heteroatoms. The van der Waals surface area contributed by atoms with Gasteiger partial charge in [-0.2, -0.15) is 0 Å². The zero-order valence-electron chi connectivity index (χ0n) is 9.19. The van der Waals surface area contributed by atoms with Crippen molar-refractivity contribution in [2.75, 3.05) is 6.61 Å². The van der Waals surface area contributed by atoms with Gasteiger partial charge in [0, 0.05) is 18.8 Å². The number of aryl methyl sites for hydroxylation is 1. The number of ether oxygens (including phenoxy) is 1. The van der Waals surface area contributed by atoms with Crippen molar-refractivity contribution in [3.8, 4) is 0 Å². The summed E-state index contributed by atoms with van der Waals surface area (Å²) in [6.07, 6.45) is 8.62. The molecule has 1 aromatic rings. The fraction of sp³-hybridized carbons (Fsp3) is 0.385. The lowest BCUT2D eigenvalue weighted by Crippen LogP contribution is -2.11. The van der Waals surface area contributed by atoms with Crippen LogP contribution in [0.4, 0.5) is 0 Å². The number of aromatic nitrogens is 1. The van der Waals surface area contributed by atoms with E-state index in [1.54, 1.807) is 12.4 Å². The van der Waals surface area contributed by atoms with Crippen LogP contribution in [0, 0.1) is 0 Å². The Balaban J connectivity index is 1.86. The molecule has 0 radical (unpaired) electrons. The summed E-state index contributed by atoms with van der Waals surface area (Å²) in [5.74, 6) is 0.652. The number of carbonyl (C=O) groups is 1. The molecule has 0 N–H and O–H groups in total. The van der Waals surface area contributed by atoms with Crippen LogP contribution in [0.1, 0.15) is 24.8 Å². The first-order valence-corrected chi connectivity index (χ1v) is 5.61. The molecule has 0 fully saturated rings. The summed E-state index contributed by atoms with van der Waals surface area (Å²) in [4.78, 5) is 15.8. The van der Waals surface area contributed by atoms with Crippen LogP contribution in [0.15, 0.2) is 36.4 Å². The van der Waals surface area contributed by atoms with Crippen molar-refractivity contribution in [2.24, 2.45) is 0 Å². The van der Waals surface area contributed by atoms with Crippen LogP contribution in [0.2, 0.25) is 0 Å². The van der Waals surface area contributed by atoms with Gasteiger partial charge in [0.05, 0.1) is 6.61 Å². The lowest BCUT2D eigenvalue weighted by molar-refractivity contribution is -0.119. The second-order valence-corrected chi connectivity index (χ2v) is 3.84. The molecule has 0 saturated heterocycles. The van der Waals surface area contributed by atoms with E-state index < -0.39 is 0 Å². The van der Waals surface area contributed by atoms with Gasteiger partial charge in [-0.05, 0) is 37.0 Å². The van der Waals surface area contributed by atoms with Crippen molar-refractivity contribution in [1.82, 2.24) is 4.98 Å². The molecule has 3 nitrogen and oxygen atoms in total. The Hall–Kier alpha value is -1.64. The van der Waals surface area contributed by atoms with E-state index in [0.29, 0.717) is 18.8 Å². The average Bonchev–Trinajstić information content (AvgIpc) is 2.38. The summed E-state index contributed by atoms with van der Waals surface area (Å²) in [7, 11) is 0. The first kappa shape index (κ1) is 10.9. The highest BCUT2D eigenvalue weighted by atomic mass is 16.5. The minimum absolute atomic E-state index is 0.101. The maximum atomic E-state index is 11.8. The number of pyridine rings is 1. The monoisotopic (exact) mass is 217 g/mol. The molecule has 16 heavy (non-hydrogen) atoms. The van der Waals surface area contributed by atoms with Crippen molar-refractivity contribution in [1.29, 1.82) is 0 Å².